The molecule has 0 atom stereocenters. The summed E-state index contributed by atoms with van der Waals surface area (Å²) < 4.78 is 0. The fourth-order valence-corrected chi connectivity index (χ4v) is 4.76. The summed E-state index contributed by atoms with van der Waals surface area (Å²) in [6.07, 6.45) is 15.3. The number of nitrogens with two attached hydrogens (primary N) is 1. The summed E-state index contributed by atoms with van der Waals surface area (Å²) in [4.78, 5) is 4.52. The maximum Gasteiger partial charge on any atom is 0.0853 e. The predicted octanol–water partition coefficient (Wildman–Crippen LogP) is 5.49. The summed E-state index contributed by atoms with van der Waals surface area (Å²) in [5.41, 5.74) is 9.86. The Morgan fingerprint density at radius 3 is 2.48 bits per heavy atom. The van der Waals surface area contributed by atoms with E-state index in [1.807, 2.05) is 6.20 Å². The van der Waals surface area contributed by atoms with Crippen molar-refractivity contribution < 1.29 is 0 Å². The van der Waals surface area contributed by atoms with Gasteiger partial charge in [-0.05, 0) is 61.8 Å². The van der Waals surface area contributed by atoms with Crippen LogP contribution in [0.2, 0.25) is 5.02 Å². The molecule has 0 amide bonds. The molecule has 1 spiro atoms. The Labute approximate surface area is 133 Å². The number of hydrogen-bond donors (Lipinski definition) is 1. The second-order valence-electron chi connectivity index (χ2n) is 7.08. The van der Waals surface area contributed by atoms with Crippen LogP contribution in [0.15, 0.2) is 6.20 Å². The second-order valence-corrected chi connectivity index (χ2v) is 7.45. The summed E-state index contributed by atoms with van der Waals surface area (Å²) in [6.45, 7) is 2.07. The van der Waals surface area contributed by atoms with Crippen LogP contribution in [-0.4, -0.2) is 4.98 Å². The molecule has 0 aromatic carbocycles. The molecular formula is C18H27ClN2. The molecule has 2 saturated carbocycles. The van der Waals surface area contributed by atoms with E-state index in [0.717, 1.165) is 17.8 Å². The topological polar surface area (TPSA) is 38.9 Å². The maximum atomic E-state index is 6.37. The van der Waals surface area contributed by atoms with Gasteiger partial charge in [-0.25, -0.2) is 0 Å². The molecular weight excluding hydrogens is 280 g/mol. The molecule has 3 heteroatoms. The van der Waals surface area contributed by atoms with Crippen molar-refractivity contribution in [1.29, 1.82) is 0 Å². The Bertz CT molecular complexity index is 496. The number of aromatic nitrogens is 1. The summed E-state index contributed by atoms with van der Waals surface area (Å²) >= 11 is 6.37. The highest BCUT2D eigenvalue weighted by Gasteiger charge is 2.37. The normalized spacial score (nSPS) is 22.6. The molecule has 3 rings (SSSR count). The number of nitrogens with zero attached hydrogens (tertiary/aromatic N) is 1. The molecule has 2 nitrogen and oxygen atoms in total. The first-order valence-corrected chi connectivity index (χ1v) is 8.96. The number of nitrogen functional groups attached to an aromatic ring is 1. The Morgan fingerprint density at radius 1 is 1.19 bits per heavy atom. The Kier molecular flexibility index (Phi) is 4.44. The van der Waals surface area contributed by atoms with E-state index in [1.165, 1.54) is 63.4 Å². The van der Waals surface area contributed by atoms with Gasteiger partial charge in [0.25, 0.3) is 0 Å². The molecule has 0 unspecified atom stereocenters. The van der Waals surface area contributed by atoms with Crippen LogP contribution in [-0.2, 0) is 6.42 Å². The first-order valence-electron chi connectivity index (χ1n) is 8.58. The monoisotopic (exact) mass is 306 g/mol. The van der Waals surface area contributed by atoms with Crippen LogP contribution in [0.4, 0.5) is 5.69 Å². The lowest BCUT2D eigenvalue weighted by molar-refractivity contribution is 0.114. The first-order chi connectivity index (χ1) is 10.2. The van der Waals surface area contributed by atoms with Gasteiger partial charge < -0.3 is 5.73 Å². The Hall–Kier alpha value is -0.760. The molecule has 1 aromatic heterocycles. The molecule has 116 valence electrons. The largest absolute Gasteiger partial charge is 0.397 e. The van der Waals surface area contributed by atoms with E-state index in [1.54, 1.807) is 0 Å². The van der Waals surface area contributed by atoms with Gasteiger partial charge in [-0.1, -0.05) is 37.8 Å². The van der Waals surface area contributed by atoms with Gasteiger partial charge in [0.05, 0.1) is 16.4 Å². The van der Waals surface area contributed by atoms with E-state index in [9.17, 15) is 0 Å². The number of anilines is 1. The highest BCUT2D eigenvalue weighted by atomic mass is 35.5. The minimum atomic E-state index is 0.563. The lowest BCUT2D eigenvalue weighted by Gasteiger charge is -2.43. The van der Waals surface area contributed by atoms with Crippen molar-refractivity contribution in [3.05, 3.63) is 22.5 Å². The fourth-order valence-electron chi connectivity index (χ4n) is 4.47. The standard InChI is InChI=1S/C18H27ClN2/c1-2-15-16(19)17(20)14(12-21-15)13-6-10-18(11-7-13)8-4-3-5-9-18/h12-13H,2-11H2,1H3,(H2,20,21). The molecule has 0 bridgehead atoms. The van der Waals surface area contributed by atoms with E-state index in [4.69, 9.17) is 17.3 Å². The fraction of sp³-hybridized carbons (Fsp3) is 0.722. The van der Waals surface area contributed by atoms with Crippen molar-refractivity contribution in [2.45, 2.75) is 77.0 Å². The smallest absolute Gasteiger partial charge is 0.0853 e. The van der Waals surface area contributed by atoms with E-state index in [0.29, 0.717) is 16.4 Å². The van der Waals surface area contributed by atoms with Crippen molar-refractivity contribution >= 4 is 17.3 Å². The molecule has 21 heavy (non-hydrogen) atoms. The van der Waals surface area contributed by atoms with Gasteiger partial charge in [0, 0.05) is 6.20 Å². The molecule has 0 radical (unpaired) electrons. The zero-order valence-corrected chi connectivity index (χ0v) is 13.9. The van der Waals surface area contributed by atoms with Gasteiger partial charge in [0.2, 0.25) is 0 Å². The molecule has 0 saturated heterocycles. The van der Waals surface area contributed by atoms with Crippen LogP contribution in [0.3, 0.4) is 0 Å². The molecule has 1 aromatic rings. The highest BCUT2D eigenvalue weighted by molar-refractivity contribution is 6.33. The molecule has 2 aliphatic rings. The van der Waals surface area contributed by atoms with Gasteiger partial charge >= 0.3 is 0 Å². The van der Waals surface area contributed by atoms with Crippen molar-refractivity contribution in [3.63, 3.8) is 0 Å². The van der Waals surface area contributed by atoms with Gasteiger partial charge in [-0.3, -0.25) is 4.98 Å². The zero-order valence-electron chi connectivity index (χ0n) is 13.1. The van der Waals surface area contributed by atoms with Crippen molar-refractivity contribution in [1.82, 2.24) is 4.98 Å². The van der Waals surface area contributed by atoms with Crippen molar-refractivity contribution in [2.75, 3.05) is 5.73 Å². The first kappa shape index (κ1) is 15.1. The third kappa shape index (κ3) is 2.92. The third-order valence-electron chi connectivity index (χ3n) is 5.90. The molecule has 0 aliphatic heterocycles. The van der Waals surface area contributed by atoms with Crippen LogP contribution >= 0.6 is 11.6 Å². The van der Waals surface area contributed by atoms with E-state index in [-0.39, 0.29) is 0 Å². The van der Waals surface area contributed by atoms with Crippen molar-refractivity contribution in [2.24, 2.45) is 5.41 Å². The van der Waals surface area contributed by atoms with E-state index < -0.39 is 0 Å². The number of halogens is 1. The summed E-state index contributed by atoms with van der Waals surface area (Å²) in [6, 6.07) is 0. The summed E-state index contributed by atoms with van der Waals surface area (Å²) in [7, 11) is 0. The van der Waals surface area contributed by atoms with Crippen LogP contribution in [0.1, 0.15) is 81.9 Å². The van der Waals surface area contributed by atoms with E-state index >= 15 is 0 Å². The third-order valence-corrected chi connectivity index (χ3v) is 6.32. The highest BCUT2D eigenvalue weighted by Crippen LogP contribution is 2.51. The van der Waals surface area contributed by atoms with E-state index in [2.05, 4.69) is 11.9 Å². The Morgan fingerprint density at radius 2 is 1.86 bits per heavy atom. The molecule has 2 N–H and O–H groups in total. The van der Waals surface area contributed by atoms with Crippen LogP contribution < -0.4 is 5.73 Å². The SMILES string of the molecule is CCc1ncc(C2CCC3(CCCCC3)CC2)c(N)c1Cl. The molecule has 2 aliphatic carbocycles. The van der Waals surface area contributed by atoms with Crippen LogP contribution in [0.5, 0.6) is 0 Å². The average molecular weight is 307 g/mol. The zero-order chi connectivity index (χ0) is 14.9. The van der Waals surface area contributed by atoms with Gasteiger partial charge in [0.1, 0.15) is 0 Å². The number of pyridine rings is 1. The summed E-state index contributed by atoms with van der Waals surface area (Å²) in [5, 5.41) is 0.688. The van der Waals surface area contributed by atoms with Crippen LogP contribution in [0.25, 0.3) is 0 Å². The Balaban J connectivity index is 1.73. The van der Waals surface area contributed by atoms with Gasteiger partial charge in [0.15, 0.2) is 0 Å². The van der Waals surface area contributed by atoms with Gasteiger partial charge in [-0.15, -0.1) is 0 Å². The quantitative estimate of drug-likeness (QED) is 0.785. The average Bonchev–Trinajstić information content (AvgIpc) is 2.52. The maximum absolute atomic E-state index is 6.37. The number of rotatable bonds is 2. The number of hydrogen-bond acceptors (Lipinski definition) is 2. The number of aryl methyl sites for hydroxylation is 1. The lowest BCUT2D eigenvalue weighted by atomic mass is 9.62. The lowest BCUT2D eigenvalue weighted by Crippen LogP contribution is -2.29. The molecule has 2 fully saturated rings. The summed E-state index contributed by atoms with van der Waals surface area (Å²) in [5.74, 6) is 0.563. The van der Waals surface area contributed by atoms with Crippen molar-refractivity contribution in [3.8, 4) is 0 Å². The minimum Gasteiger partial charge on any atom is -0.397 e. The van der Waals surface area contributed by atoms with Crippen LogP contribution in [0, 0.1) is 5.41 Å². The van der Waals surface area contributed by atoms with Gasteiger partial charge in [-0.2, -0.15) is 0 Å². The predicted molar refractivity (Wildman–Crippen MR) is 89.8 cm³/mol. The molecule has 1 heterocycles. The minimum absolute atomic E-state index is 0.563. The second kappa shape index (κ2) is 6.16.